The first kappa shape index (κ1) is 15.3. The van der Waals surface area contributed by atoms with Gasteiger partial charge in [-0.1, -0.05) is 18.2 Å². The summed E-state index contributed by atoms with van der Waals surface area (Å²) in [4.78, 5) is 23.0. The van der Waals surface area contributed by atoms with E-state index in [-0.39, 0.29) is 23.8 Å². The van der Waals surface area contributed by atoms with Crippen molar-refractivity contribution in [3.05, 3.63) is 35.4 Å². The molecule has 1 aliphatic rings. The first-order chi connectivity index (χ1) is 9.79. The van der Waals surface area contributed by atoms with Gasteiger partial charge in [0.1, 0.15) is 6.04 Å². The summed E-state index contributed by atoms with van der Waals surface area (Å²) in [7, 11) is 0. The van der Waals surface area contributed by atoms with Gasteiger partial charge in [-0.25, -0.2) is 0 Å². The number of hydrogen-bond donors (Lipinski definition) is 2. The number of primary amides is 1. The predicted molar refractivity (Wildman–Crippen MR) is 69.0 cm³/mol. The molecule has 0 bridgehead atoms. The smallest absolute Gasteiger partial charge is 0.368 e. The standard InChI is InChI=1S/C14H15F3N2O2/c15-14(16,17)10-4-2-1-3-9(10)7-11(12(18)20)19-13(21)8-5-6-8/h1-4,8,11H,5-7H2,(H2,18,20)(H,19,21)/t11-/m0/s1. The summed E-state index contributed by atoms with van der Waals surface area (Å²) >= 11 is 0. The Hall–Kier alpha value is -2.05. The van der Waals surface area contributed by atoms with Gasteiger partial charge in [0.15, 0.2) is 0 Å². The molecule has 1 atom stereocenters. The van der Waals surface area contributed by atoms with Crippen LogP contribution in [0.1, 0.15) is 24.0 Å². The maximum Gasteiger partial charge on any atom is 0.416 e. The molecule has 0 aliphatic heterocycles. The molecule has 3 N–H and O–H groups in total. The monoisotopic (exact) mass is 300 g/mol. The highest BCUT2D eigenvalue weighted by atomic mass is 19.4. The lowest BCUT2D eigenvalue weighted by Crippen LogP contribution is -2.46. The lowest BCUT2D eigenvalue weighted by molar-refractivity contribution is -0.138. The second kappa shape index (κ2) is 5.75. The van der Waals surface area contributed by atoms with E-state index in [0.29, 0.717) is 0 Å². The lowest BCUT2D eigenvalue weighted by atomic mass is 9.99. The van der Waals surface area contributed by atoms with E-state index in [1.54, 1.807) is 0 Å². The molecule has 0 heterocycles. The van der Waals surface area contributed by atoms with Gasteiger partial charge in [0, 0.05) is 12.3 Å². The molecule has 0 spiro atoms. The maximum atomic E-state index is 12.9. The fourth-order valence-corrected chi connectivity index (χ4v) is 2.05. The fraction of sp³-hybridized carbons (Fsp3) is 0.429. The quantitative estimate of drug-likeness (QED) is 0.867. The molecule has 114 valence electrons. The number of nitrogens with two attached hydrogens (primary N) is 1. The van der Waals surface area contributed by atoms with Crippen LogP contribution in [-0.2, 0) is 22.2 Å². The number of benzene rings is 1. The Kier molecular flexibility index (Phi) is 4.20. The summed E-state index contributed by atoms with van der Waals surface area (Å²) in [6.45, 7) is 0. The molecule has 0 aromatic heterocycles. The van der Waals surface area contributed by atoms with Crippen LogP contribution in [0.25, 0.3) is 0 Å². The lowest BCUT2D eigenvalue weighted by Gasteiger charge is -2.18. The molecule has 2 rings (SSSR count). The van der Waals surface area contributed by atoms with Crippen LogP contribution in [0.4, 0.5) is 13.2 Å². The van der Waals surface area contributed by atoms with Gasteiger partial charge in [-0.2, -0.15) is 13.2 Å². The summed E-state index contributed by atoms with van der Waals surface area (Å²) in [5, 5.41) is 2.42. The highest BCUT2D eigenvalue weighted by Gasteiger charge is 2.35. The van der Waals surface area contributed by atoms with Crippen LogP contribution in [0, 0.1) is 5.92 Å². The molecule has 1 aromatic carbocycles. The number of rotatable bonds is 5. The van der Waals surface area contributed by atoms with E-state index in [0.717, 1.165) is 18.9 Å². The molecule has 1 aliphatic carbocycles. The van der Waals surface area contributed by atoms with Gasteiger partial charge in [0.05, 0.1) is 5.56 Å². The highest BCUT2D eigenvalue weighted by molar-refractivity contribution is 5.88. The van der Waals surface area contributed by atoms with E-state index in [1.165, 1.54) is 18.2 Å². The SMILES string of the molecule is NC(=O)[C@H](Cc1ccccc1C(F)(F)F)NC(=O)C1CC1. The number of halogens is 3. The van der Waals surface area contributed by atoms with Gasteiger partial charge in [-0.15, -0.1) is 0 Å². The average Bonchev–Trinajstić information content (AvgIpc) is 3.21. The normalized spacial score (nSPS) is 16.3. The number of amides is 2. The summed E-state index contributed by atoms with van der Waals surface area (Å²) in [6, 6.07) is 3.80. The molecule has 0 radical (unpaired) electrons. The third kappa shape index (κ3) is 3.96. The van der Waals surface area contributed by atoms with Crippen LogP contribution in [0.5, 0.6) is 0 Å². The minimum atomic E-state index is -4.51. The third-order valence-corrected chi connectivity index (χ3v) is 3.35. The van der Waals surface area contributed by atoms with Crippen LogP contribution in [0.15, 0.2) is 24.3 Å². The van der Waals surface area contributed by atoms with E-state index in [9.17, 15) is 22.8 Å². The molecular formula is C14H15F3N2O2. The average molecular weight is 300 g/mol. The molecular weight excluding hydrogens is 285 g/mol. The van der Waals surface area contributed by atoms with Crippen LogP contribution in [0.2, 0.25) is 0 Å². The van der Waals surface area contributed by atoms with Crippen molar-refractivity contribution >= 4 is 11.8 Å². The Bertz CT molecular complexity index is 553. The predicted octanol–water partition coefficient (Wildman–Crippen LogP) is 1.63. The molecule has 0 saturated heterocycles. The number of hydrogen-bond acceptors (Lipinski definition) is 2. The van der Waals surface area contributed by atoms with E-state index >= 15 is 0 Å². The topological polar surface area (TPSA) is 72.2 Å². The summed E-state index contributed by atoms with van der Waals surface area (Å²) < 4.78 is 38.7. The van der Waals surface area contributed by atoms with E-state index in [2.05, 4.69) is 5.32 Å². The van der Waals surface area contributed by atoms with Gasteiger partial charge in [-0.3, -0.25) is 9.59 Å². The number of carbonyl (C=O) groups is 2. The zero-order valence-corrected chi connectivity index (χ0v) is 11.1. The van der Waals surface area contributed by atoms with Crippen LogP contribution in [0.3, 0.4) is 0 Å². The molecule has 1 fully saturated rings. The Morgan fingerprint density at radius 2 is 1.90 bits per heavy atom. The van der Waals surface area contributed by atoms with Crippen molar-refractivity contribution in [2.75, 3.05) is 0 Å². The second-order valence-electron chi connectivity index (χ2n) is 5.10. The molecule has 1 saturated carbocycles. The van der Waals surface area contributed by atoms with Crippen molar-refractivity contribution in [2.24, 2.45) is 11.7 Å². The minimum Gasteiger partial charge on any atom is -0.368 e. The largest absolute Gasteiger partial charge is 0.416 e. The molecule has 4 nitrogen and oxygen atoms in total. The Morgan fingerprint density at radius 1 is 1.29 bits per heavy atom. The van der Waals surface area contributed by atoms with E-state index in [4.69, 9.17) is 5.73 Å². The van der Waals surface area contributed by atoms with Crippen LogP contribution >= 0.6 is 0 Å². The first-order valence-corrected chi connectivity index (χ1v) is 6.54. The van der Waals surface area contributed by atoms with Gasteiger partial charge in [0.25, 0.3) is 0 Å². The minimum absolute atomic E-state index is 0.0649. The van der Waals surface area contributed by atoms with Crippen molar-refractivity contribution in [1.82, 2.24) is 5.32 Å². The zero-order chi connectivity index (χ0) is 15.6. The molecule has 2 amide bonds. The van der Waals surface area contributed by atoms with Gasteiger partial charge in [-0.05, 0) is 24.5 Å². The Balaban J connectivity index is 2.17. The number of alkyl halides is 3. The highest BCUT2D eigenvalue weighted by Crippen LogP contribution is 2.32. The van der Waals surface area contributed by atoms with Crippen LogP contribution < -0.4 is 11.1 Å². The fourth-order valence-electron chi connectivity index (χ4n) is 2.05. The Labute approximate surface area is 119 Å². The van der Waals surface area contributed by atoms with Crippen molar-refractivity contribution in [1.29, 1.82) is 0 Å². The summed E-state index contributed by atoms with van der Waals surface area (Å²) in [5.74, 6) is -1.33. The van der Waals surface area contributed by atoms with E-state index in [1.807, 2.05) is 0 Å². The van der Waals surface area contributed by atoms with Gasteiger partial charge in [0.2, 0.25) is 11.8 Å². The third-order valence-electron chi connectivity index (χ3n) is 3.35. The first-order valence-electron chi connectivity index (χ1n) is 6.54. The van der Waals surface area contributed by atoms with Crippen molar-refractivity contribution in [3.8, 4) is 0 Å². The molecule has 1 aromatic rings. The Morgan fingerprint density at radius 3 is 2.43 bits per heavy atom. The van der Waals surface area contributed by atoms with E-state index < -0.39 is 23.7 Å². The molecule has 0 unspecified atom stereocenters. The molecule has 7 heteroatoms. The van der Waals surface area contributed by atoms with Crippen molar-refractivity contribution in [3.63, 3.8) is 0 Å². The number of nitrogens with one attached hydrogen (secondary N) is 1. The number of carbonyl (C=O) groups excluding carboxylic acids is 2. The van der Waals surface area contributed by atoms with Crippen molar-refractivity contribution < 1.29 is 22.8 Å². The second-order valence-corrected chi connectivity index (χ2v) is 5.10. The van der Waals surface area contributed by atoms with Crippen LogP contribution in [-0.4, -0.2) is 17.9 Å². The summed E-state index contributed by atoms with van der Waals surface area (Å²) in [5.41, 5.74) is 4.29. The van der Waals surface area contributed by atoms with Gasteiger partial charge >= 0.3 is 6.18 Å². The molecule has 21 heavy (non-hydrogen) atoms. The summed E-state index contributed by atoms with van der Waals surface area (Å²) in [6.07, 6.45) is -3.32. The van der Waals surface area contributed by atoms with Crippen molar-refractivity contribution in [2.45, 2.75) is 31.5 Å². The maximum absolute atomic E-state index is 12.9. The van der Waals surface area contributed by atoms with Gasteiger partial charge < -0.3 is 11.1 Å². The zero-order valence-electron chi connectivity index (χ0n) is 11.1.